The number of benzene rings is 2. The van der Waals surface area contributed by atoms with E-state index in [9.17, 15) is 4.79 Å². The van der Waals surface area contributed by atoms with E-state index in [2.05, 4.69) is 12.2 Å². The van der Waals surface area contributed by atoms with Gasteiger partial charge in [-0.15, -0.1) is 11.6 Å². The van der Waals surface area contributed by atoms with Gasteiger partial charge in [-0.1, -0.05) is 43.3 Å². The molecule has 0 saturated carbocycles. The molecule has 1 atom stereocenters. The second-order valence-corrected chi connectivity index (χ2v) is 5.20. The molecule has 2 rings (SSSR count). The molecule has 100 valence electrons. The first-order chi connectivity index (χ1) is 9.22. The summed E-state index contributed by atoms with van der Waals surface area (Å²) in [6.45, 7) is 2.75. The van der Waals surface area contributed by atoms with E-state index in [1.54, 1.807) is 0 Å². The molecule has 2 aromatic rings. The van der Waals surface area contributed by atoms with Gasteiger partial charge in [-0.05, 0) is 29.2 Å². The highest BCUT2D eigenvalue weighted by Crippen LogP contribution is 2.18. The van der Waals surface area contributed by atoms with E-state index in [4.69, 9.17) is 11.6 Å². The van der Waals surface area contributed by atoms with Crippen LogP contribution in [-0.2, 0) is 0 Å². The first-order valence-corrected chi connectivity index (χ1v) is 7.07. The van der Waals surface area contributed by atoms with E-state index in [0.717, 1.165) is 22.8 Å². The van der Waals surface area contributed by atoms with Gasteiger partial charge in [0.05, 0.1) is 0 Å². The molecule has 0 radical (unpaired) electrons. The molecule has 0 fully saturated rings. The molecule has 1 N–H and O–H groups in total. The van der Waals surface area contributed by atoms with Gasteiger partial charge < -0.3 is 5.32 Å². The molecule has 0 aliphatic carbocycles. The molecule has 1 amide bonds. The van der Waals surface area contributed by atoms with Gasteiger partial charge in [0.1, 0.15) is 0 Å². The Morgan fingerprint density at radius 1 is 1.21 bits per heavy atom. The lowest BCUT2D eigenvalue weighted by atomic mass is 10.0. The Labute approximate surface area is 118 Å². The number of hydrogen-bond acceptors (Lipinski definition) is 1. The van der Waals surface area contributed by atoms with E-state index in [0.29, 0.717) is 18.3 Å². The maximum atomic E-state index is 12.2. The highest BCUT2D eigenvalue weighted by molar-refractivity contribution is 6.17. The summed E-state index contributed by atoms with van der Waals surface area (Å²) in [6.07, 6.45) is 0.914. The predicted molar refractivity (Wildman–Crippen MR) is 80.8 cm³/mol. The molecule has 0 aliphatic heterocycles. The number of carbonyl (C=O) groups is 1. The molecule has 0 aliphatic rings. The van der Waals surface area contributed by atoms with Gasteiger partial charge in [0.2, 0.25) is 0 Å². The summed E-state index contributed by atoms with van der Waals surface area (Å²) in [5.41, 5.74) is 0.733. The molecular weight excluding hydrogens is 258 g/mol. The highest BCUT2D eigenvalue weighted by atomic mass is 35.5. The number of fused-ring (bicyclic) bond motifs is 1. The molecule has 0 heterocycles. The Morgan fingerprint density at radius 3 is 2.74 bits per heavy atom. The van der Waals surface area contributed by atoms with Crippen LogP contribution in [0.15, 0.2) is 42.5 Å². The number of alkyl halides is 1. The largest absolute Gasteiger partial charge is 0.352 e. The van der Waals surface area contributed by atoms with Crippen molar-refractivity contribution in [3.05, 3.63) is 48.0 Å². The predicted octanol–water partition coefficient (Wildman–Crippen LogP) is 3.83. The average molecular weight is 276 g/mol. The Morgan fingerprint density at radius 2 is 1.95 bits per heavy atom. The SMILES string of the molecule is CC(CCCl)CNC(=O)c1cccc2ccccc12. The number of nitrogens with one attached hydrogen (secondary N) is 1. The highest BCUT2D eigenvalue weighted by Gasteiger charge is 2.10. The van der Waals surface area contributed by atoms with Crippen LogP contribution in [0.4, 0.5) is 0 Å². The minimum Gasteiger partial charge on any atom is -0.352 e. The van der Waals surface area contributed by atoms with Gasteiger partial charge in [0, 0.05) is 18.0 Å². The summed E-state index contributed by atoms with van der Waals surface area (Å²) in [7, 11) is 0. The summed E-state index contributed by atoms with van der Waals surface area (Å²) in [5.74, 6) is 1.01. The zero-order valence-electron chi connectivity index (χ0n) is 11.0. The summed E-state index contributed by atoms with van der Waals surface area (Å²) in [4.78, 5) is 12.2. The van der Waals surface area contributed by atoms with Gasteiger partial charge in [-0.3, -0.25) is 4.79 Å². The molecule has 3 heteroatoms. The molecular formula is C16H18ClNO. The van der Waals surface area contributed by atoms with Crippen LogP contribution in [0.3, 0.4) is 0 Å². The number of amides is 1. The van der Waals surface area contributed by atoms with Crippen molar-refractivity contribution >= 4 is 28.3 Å². The van der Waals surface area contributed by atoms with Crippen molar-refractivity contribution in [2.24, 2.45) is 5.92 Å². The number of hydrogen-bond donors (Lipinski definition) is 1. The standard InChI is InChI=1S/C16H18ClNO/c1-12(9-10-17)11-18-16(19)15-8-4-6-13-5-2-3-7-14(13)15/h2-8,12H,9-11H2,1H3,(H,18,19). The third kappa shape index (κ3) is 3.48. The summed E-state index contributed by atoms with van der Waals surface area (Å²) in [5, 5.41) is 5.06. The summed E-state index contributed by atoms with van der Waals surface area (Å²) < 4.78 is 0. The van der Waals surface area contributed by atoms with Crippen molar-refractivity contribution in [1.29, 1.82) is 0 Å². The third-order valence-corrected chi connectivity index (χ3v) is 3.47. The van der Waals surface area contributed by atoms with E-state index >= 15 is 0 Å². The van der Waals surface area contributed by atoms with Crippen LogP contribution >= 0.6 is 11.6 Å². The van der Waals surface area contributed by atoms with Crippen molar-refractivity contribution in [3.8, 4) is 0 Å². The van der Waals surface area contributed by atoms with E-state index < -0.39 is 0 Å². The fourth-order valence-corrected chi connectivity index (χ4v) is 2.45. The Hall–Kier alpha value is -1.54. The van der Waals surface area contributed by atoms with Crippen molar-refractivity contribution in [1.82, 2.24) is 5.32 Å². The maximum absolute atomic E-state index is 12.2. The first kappa shape index (κ1) is 13.9. The molecule has 0 spiro atoms. The Kier molecular flexibility index (Phi) is 4.80. The smallest absolute Gasteiger partial charge is 0.251 e. The minimum atomic E-state index is -0.0155. The monoisotopic (exact) mass is 275 g/mol. The first-order valence-electron chi connectivity index (χ1n) is 6.54. The fourth-order valence-electron chi connectivity index (χ4n) is 2.07. The van der Waals surface area contributed by atoms with Crippen LogP contribution in [0.1, 0.15) is 23.7 Å². The molecule has 0 bridgehead atoms. The molecule has 2 aromatic carbocycles. The van der Waals surface area contributed by atoms with Crippen molar-refractivity contribution in [2.75, 3.05) is 12.4 Å². The van der Waals surface area contributed by atoms with E-state index in [1.165, 1.54) is 0 Å². The maximum Gasteiger partial charge on any atom is 0.251 e. The molecule has 1 unspecified atom stereocenters. The van der Waals surface area contributed by atoms with Crippen molar-refractivity contribution in [3.63, 3.8) is 0 Å². The van der Waals surface area contributed by atoms with Crippen LogP contribution < -0.4 is 5.32 Å². The molecule has 0 aromatic heterocycles. The summed E-state index contributed by atoms with van der Waals surface area (Å²) >= 11 is 5.69. The zero-order valence-corrected chi connectivity index (χ0v) is 11.8. The van der Waals surface area contributed by atoms with Crippen molar-refractivity contribution in [2.45, 2.75) is 13.3 Å². The van der Waals surface area contributed by atoms with Crippen LogP contribution in [0.5, 0.6) is 0 Å². The van der Waals surface area contributed by atoms with Gasteiger partial charge in [0.25, 0.3) is 5.91 Å². The lowest BCUT2D eigenvalue weighted by molar-refractivity contribution is 0.0949. The Bertz CT molecular complexity index is 562. The van der Waals surface area contributed by atoms with Crippen LogP contribution in [0, 0.1) is 5.92 Å². The van der Waals surface area contributed by atoms with Gasteiger partial charge in [-0.2, -0.15) is 0 Å². The summed E-state index contributed by atoms with van der Waals surface area (Å²) in [6, 6.07) is 13.7. The van der Waals surface area contributed by atoms with Crippen LogP contribution in [0.25, 0.3) is 10.8 Å². The van der Waals surface area contributed by atoms with Crippen molar-refractivity contribution < 1.29 is 4.79 Å². The topological polar surface area (TPSA) is 29.1 Å². The quantitative estimate of drug-likeness (QED) is 0.826. The Balaban J connectivity index is 2.13. The van der Waals surface area contributed by atoms with E-state index in [-0.39, 0.29) is 5.91 Å². The fraction of sp³-hybridized carbons (Fsp3) is 0.312. The van der Waals surface area contributed by atoms with Gasteiger partial charge in [-0.25, -0.2) is 0 Å². The molecule has 0 saturated heterocycles. The zero-order chi connectivity index (χ0) is 13.7. The lowest BCUT2D eigenvalue weighted by Crippen LogP contribution is -2.28. The third-order valence-electron chi connectivity index (χ3n) is 3.25. The second kappa shape index (κ2) is 6.58. The normalized spacial score (nSPS) is 12.3. The van der Waals surface area contributed by atoms with E-state index in [1.807, 2.05) is 42.5 Å². The number of carbonyl (C=O) groups excluding carboxylic acids is 1. The van der Waals surface area contributed by atoms with Gasteiger partial charge in [0.15, 0.2) is 0 Å². The molecule has 19 heavy (non-hydrogen) atoms. The average Bonchev–Trinajstić information content (AvgIpc) is 2.44. The van der Waals surface area contributed by atoms with Crippen LogP contribution in [0.2, 0.25) is 0 Å². The van der Waals surface area contributed by atoms with Gasteiger partial charge >= 0.3 is 0 Å². The number of halogens is 1. The molecule has 2 nitrogen and oxygen atoms in total. The second-order valence-electron chi connectivity index (χ2n) is 4.82. The number of rotatable bonds is 5. The van der Waals surface area contributed by atoms with Crippen LogP contribution in [-0.4, -0.2) is 18.3 Å². The minimum absolute atomic E-state index is 0.0155. The lowest BCUT2D eigenvalue weighted by Gasteiger charge is -2.12.